The Morgan fingerprint density at radius 1 is 1.30 bits per heavy atom. The molecular formula is C14H17N3O3. The molecule has 1 aromatic rings. The first-order chi connectivity index (χ1) is 9.49. The van der Waals surface area contributed by atoms with Crippen molar-refractivity contribution in [1.82, 2.24) is 15.3 Å². The Kier molecular flexibility index (Phi) is 4.02. The van der Waals surface area contributed by atoms with E-state index in [1.54, 1.807) is 7.05 Å². The number of hydrogen-bond acceptors (Lipinski definition) is 3. The molecule has 2 rings (SSSR count). The Morgan fingerprint density at radius 3 is 2.50 bits per heavy atom. The Balaban J connectivity index is 1.95. The van der Waals surface area contributed by atoms with E-state index in [-0.39, 0.29) is 18.2 Å². The lowest BCUT2D eigenvalue weighted by molar-refractivity contribution is -0.139. The molecule has 0 aromatic heterocycles. The first-order valence-electron chi connectivity index (χ1n) is 6.35. The van der Waals surface area contributed by atoms with Crippen LogP contribution in [0.4, 0.5) is 0 Å². The zero-order valence-corrected chi connectivity index (χ0v) is 11.5. The molecule has 1 aliphatic rings. The van der Waals surface area contributed by atoms with Crippen LogP contribution in [0.3, 0.4) is 0 Å². The van der Waals surface area contributed by atoms with Crippen molar-refractivity contribution in [2.75, 3.05) is 14.1 Å². The smallest absolute Gasteiger partial charge is 0.253 e. The van der Waals surface area contributed by atoms with Gasteiger partial charge >= 0.3 is 0 Å². The van der Waals surface area contributed by atoms with Gasteiger partial charge in [-0.25, -0.2) is 0 Å². The summed E-state index contributed by atoms with van der Waals surface area (Å²) in [6.07, 6.45) is -0.0989. The van der Waals surface area contributed by atoms with Gasteiger partial charge in [0, 0.05) is 27.1 Å². The molecule has 3 amide bonds. The molecule has 0 radical (unpaired) electrons. The lowest BCUT2D eigenvalue weighted by atomic mass is 10.0. The molecule has 1 aromatic carbocycles. The molecule has 0 aliphatic carbocycles. The molecule has 0 bridgehead atoms. The molecule has 0 spiro atoms. The maximum atomic E-state index is 12.1. The van der Waals surface area contributed by atoms with E-state index in [2.05, 4.69) is 5.43 Å². The lowest BCUT2D eigenvalue weighted by Crippen LogP contribution is -2.32. The number of carbonyl (C=O) groups excluding carboxylic acids is 3. The van der Waals surface area contributed by atoms with Crippen molar-refractivity contribution in [3.8, 4) is 0 Å². The standard InChI is InChI=1S/C14H17N3O3/c1-16(9-10-6-4-3-5-7-10)12(18)8-11-13(19)15-17(2)14(11)20/h3-7,11H,8-9H2,1-2H3,(H,15,19). The average molecular weight is 275 g/mol. The van der Waals surface area contributed by atoms with Crippen molar-refractivity contribution in [3.63, 3.8) is 0 Å². The molecule has 20 heavy (non-hydrogen) atoms. The fraction of sp³-hybridized carbons (Fsp3) is 0.357. The average Bonchev–Trinajstić information content (AvgIpc) is 2.66. The van der Waals surface area contributed by atoms with E-state index in [1.165, 1.54) is 11.9 Å². The van der Waals surface area contributed by atoms with Crippen molar-refractivity contribution in [2.45, 2.75) is 13.0 Å². The quantitative estimate of drug-likeness (QED) is 0.795. The van der Waals surface area contributed by atoms with Crippen LogP contribution < -0.4 is 5.43 Å². The van der Waals surface area contributed by atoms with Crippen molar-refractivity contribution < 1.29 is 14.4 Å². The highest BCUT2D eigenvalue weighted by atomic mass is 16.2. The topological polar surface area (TPSA) is 69.7 Å². The van der Waals surface area contributed by atoms with E-state index < -0.39 is 11.8 Å². The van der Waals surface area contributed by atoms with Crippen LogP contribution in [0.25, 0.3) is 0 Å². The molecule has 1 fully saturated rings. The minimum absolute atomic E-state index is 0.0989. The number of rotatable bonds is 4. The maximum absolute atomic E-state index is 12.1. The summed E-state index contributed by atoms with van der Waals surface area (Å²) < 4.78 is 0. The third kappa shape index (κ3) is 2.96. The highest BCUT2D eigenvalue weighted by molar-refractivity contribution is 6.07. The summed E-state index contributed by atoms with van der Waals surface area (Å²) in [4.78, 5) is 36.9. The SMILES string of the molecule is CN(Cc1ccccc1)C(=O)CC1C(=O)NN(C)C1=O. The molecule has 6 nitrogen and oxygen atoms in total. The molecular weight excluding hydrogens is 258 g/mol. The second kappa shape index (κ2) is 5.73. The molecule has 1 N–H and O–H groups in total. The number of nitrogens with zero attached hydrogens (tertiary/aromatic N) is 2. The lowest BCUT2D eigenvalue weighted by Gasteiger charge is -2.18. The summed E-state index contributed by atoms with van der Waals surface area (Å²) in [6, 6.07) is 9.55. The predicted molar refractivity (Wildman–Crippen MR) is 71.9 cm³/mol. The Labute approximate surface area is 117 Å². The number of hydrazine groups is 1. The third-order valence-electron chi connectivity index (χ3n) is 3.29. The first kappa shape index (κ1) is 14.0. The van der Waals surface area contributed by atoms with Crippen LogP contribution in [-0.4, -0.2) is 41.7 Å². The summed E-state index contributed by atoms with van der Waals surface area (Å²) in [7, 11) is 3.13. The van der Waals surface area contributed by atoms with E-state index in [0.717, 1.165) is 10.6 Å². The first-order valence-corrected chi connectivity index (χ1v) is 6.35. The molecule has 6 heteroatoms. The van der Waals surface area contributed by atoms with Gasteiger partial charge in [-0.15, -0.1) is 0 Å². The highest BCUT2D eigenvalue weighted by Crippen LogP contribution is 2.15. The van der Waals surface area contributed by atoms with Gasteiger partial charge in [0.1, 0.15) is 5.92 Å². The van der Waals surface area contributed by atoms with Gasteiger partial charge in [-0.05, 0) is 5.56 Å². The normalized spacial score (nSPS) is 18.1. The molecule has 1 unspecified atom stereocenters. The van der Waals surface area contributed by atoms with Crippen molar-refractivity contribution >= 4 is 17.7 Å². The highest BCUT2D eigenvalue weighted by Gasteiger charge is 2.39. The zero-order valence-electron chi connectivity index (χ0n) is 11.5. The van der Waals surface area contributed by atoms with Crippen LogP contribution in [0.15, 0.2) is 30.3 Å². The molecule has 1 saturated heterocycles. The minimum Gasteiger partial charge on any atom is -0.341 e. The summed E-state index contributed by atoms with van der Waals surface area (Å²) in [5.74, 6) is -1.92. The van der Waals surface area contributed by atoms with Gasteiger partial charge in [0.2, 0.25) is 5.91 Å². The largest absolute Gasteiger partial charge is 0.341 e. The van der Waals surface area contributed by atoms with Crippen molar-refractivity contribution in [2.24, 2.45) is 5.92 Å². The molecule has 0 saturated carbocycles. The summed E-state index contributed by atoms with van der Waals surface area (Å²) in [6.45, 7) is 0.456. The number of nitrogens with one attached hydrogen (secondary N) is 1. The summed E-state index contributed by atoms with van der Waals surface area (Å²) in [5.41, 5.74) is 3.39. The Bertz CT molecular complexity index is 530. The van der Waals surface area contributed by atoms with Crippen LogP contribution in [0.5, 0.6) is 0 Å². The van der Waals surface area contributed by atoms with Gasteiger partial charge in [0.25, 0.3) is 11.8 Å². The van der Waals surface area contributed by atoms with Crippen LogP contribution in [0.1, 0.15) is 12.0 Å². The number of benzene rings is 1. The fourth-order valence-corrected chi connectivity index (χ4v) is 2.10. The molecule has 1 heterocycles. The van der Waals surface area contributed by atoms with Crippen LogP contribution in [0.2, 0.25) is 0 Å². The Hall–Kier alpha value is -2.37. The maximum Gasteiger partial charge on any atom is 0.253 e. The van der Waals surface area contributed by atoms with Gasteiger partial charge in [-0.1, -0.05) is 30.3 Å². The van der Waals surface area contributed by atoms with E-state index in [9.17, 15) is 14.4 Å². The van der Waals surface area contributed by atoms with Gasteiger partial charge in [0.15, 0.2) is 0 Å². The van der Waals surface area contributed by atoms with Crippen LogP contribution in [0, 0.1) is 5.92 Å². The van der Waals surface area contributed by atoms with Gasteiger partial charge in [0.05, 0.1) is 0 Å². The van der Waals surface area contributed by atoms with E-state index in [4.69, 9.17) is 0 Å². The summed E-state index contributed by atoms with van der Waals surface area (Å²) in [5, 5.41) is 1.12. The van der Waals surface area contributed by atoms with Crippen molar-refractivity contribution in [3.05, 3.63) is 35.9 Å². The number of carbonyl (C=O) groups is 3. The molecule has 1 atom stereocenters. The molecule has 1 aliphatic heterocycles. The van der Waals surface area contributed by atoms with Crippen LogP contribution >= 0.6 is 0 Å². The predicted octanol–water partition coefficient (Wildman–Crippen LogP) is 0.155. The molecule has 106 valence electrons. The van der Waals surface area contributed by atoms with E-state index in [0.29, 0.717) is 6.54 Å². The van der Waals surface area contributed by atoms with Crippen LogP contribution in [-0.2, 0) is 20.9 Å². The van der Waals surface area contributed by atoms with Gasteiger partial charge in [-0.2, -0.15) is 0 Å². The summed E-state index contributed by atoms with van der Waals surface area (Å²) >= 11 is 0. The van der Waals surface area contributed by atoms with Gasteiger partial charge < -0.3 is 4.90 Å². The van der Waals surface area contributed by atoms with E-state index >= 15 is 0 Å². The minimum atomic E-state index is -0.911. The second-order valence-corrected chi connectivity index (χ2v) is 4.87. The van der Waals surface area contributed by atoms with Gasteiger partial charge in [-0.3, -0.25) is 24.8 Å². The number of amides is 3. The Morgan fingerprint density at radius 2 is 1.95 bits per heavy atom. The van der Waals surface area contributed by atoms with Crippen molar-refractivity contribution in [1.29, 1.82) is 0 Å². The third-order valence-corrected chi connectivity index (χ3v) is 3.29. The monoisotopic (exact) mass is 275 g/mol. The second-order valence-electron chi connectivity index (χ2n) is 4.87. The number of hydrogen-bond donors (Lipinski definition) is 1. The fourth-order valence-electron chi connectivity index (χ4n) is 2.10. The van der Waals surface area contributed by atoms with E-state index in [1.807, 2.05) is 30.3 Å². The zero-order chi connectivity index (χ0) is 14.7.